The second-order valence-electron chi connectivity index (χ2n) is 11.3. The minimum absolute atomic E-state index is 0.0543. The first kappa shape index (κ1) is 30.4. The van der Waals surface area contributed by atoms with E-state index in [1.54, 1.807) is 24.3 Å². The number of likely N-dealkylation sites (tertiary alicyclic amines) is 2. The lowest BCUT2D eigenvalue weighted by molar-refractivity contribution is -0.276. The van der Waals surface area contributed by atoms with Gasteiger partial charge in [0.25, 0.3) is 0 Å². The van der Waals surface area contributed by atoms with Crippen LogP contribution in [0.25, 0.3) is 0 Å². The second-order valence-corrected chi connectivity index (χ2v) is 11.3. The SMILES string of the molecule is CC1C(CN2CCC(O)C2)OC(c2cccc(NC(=O)C3CCCN3C(=O)C(F)(F)F)c2)OC1c1ccc(CO)cc1. The molecule has 6 atom stereocenters. The summed E-state index contributed by atoms with van der Waals surface area (Å²) < 4.78 is 52.0. The molecule has 0 radical (unpaired) electrons. The number of aliphatic hydroxyl groups is 2. The van der Waals surface area contributed by atoms with Gasteiger partial charge in [-0.15, -0.1) is 0 Å². The third-order valence-corrected chi connectivity index (χ3v) is 8.29. The maximum Gasteiger partial charge on any atom is 0.471 e. The van der Waals surface area contributed by atoms with Crippen LogP contribution in [0, 0.1) is 5.92 Å². The van der Waals surface area contributed by atoms with Gasteiger partial charge in [0.05, 0.1) is 24.9 Å². The average Bonchev–Trinajstić information content (AvgIpc) is 3.62. The van der Waals surface area contributed by atoms with Gasteiger partial charge in [0.15, 0.2) is 6.29 Å². The minimum Gasteiger partial charge on any atom is -0.392 e. The highest BCUT2D eigenvalue weighted by Crippen LogP contribution is 2.42. The summed E-state index contributed by atoms with van der Waals surface area (Å²) in [5, 5.41) is 22.2. The quantitative estimate of drug-likeness (QED) is 0.452. The molecule has 12 heteroatoms. The number of hydrogen-bond acceptors (Lipinski definition) is 7. The summed E-state index contributed by atoms with van der Waals surface area (Å²) in [4.78, 5) is 27.5. The Labute approximate surface area is 242 Å². The van der Waals surface area contributed by atoms with Crippen LogP contribution in [0.1, 0.15) is 55.3 Å². The largest absolute Gasteiger partial charge is 0.471 e. The zero-order valence-corrected chi connectivity index (χ0v) is 23.3. The van der Waals surface area contributed by atoms with Crippen LogP contribution in [0.3, 0.4) is 0 Å². The molecule has 3 N–H and O–H groups in total. The third-order valence-electron chi connectivity index (χ3n) is 8.29. The van der Waals surface area contributed by atoms with Crippen LogP contribution >= 0.6 is 0 Å². The van der Waals surface area contributed by atoms with Crippen LogP contribution in [0.4, 0.5) is 18.9 Å². The molecule has 5 rings (SSSR count). The van der Waals surface area contributed by atoms with Gasteiger partial charge in [-0.25, -0.2) is 0 Å². The van der Waals surface area contributed by atoms with E-state index in [0.717, 1.165) is 17.7 Å². The Morgan fingerprint density at radius 2 is 1.81 bits per heavy atom. The topological polar surface area (TPSA) is 112 Å². The van der Waals surface area contributed by atoms with Gasteiger partial charge in [-0.1, -0.05) is 43.3 Å². The lowest BCUT2D eigenvalue weighted by Gasteiger charge is -2.42. The molecular weight excluding hydrogens is 555 g/mol. The van der Waals surface area contributed by atoms with Gasteiger partial charge in [0, 0.05) is 43.3 Å². The Morgan fingerprint density at radius 3 is 2.48 bits per heavy atom. The average molecular weight is 592 g/mol. The van der Waals surface area contributed by atoms with Crippen LogP contribution < -0.4 is 5.32 Å². The molecule has 3 saturated heterocycles. The highest BCUT2D eigenvalue weighted by Gasteiger charge is 2.47. The summed E-state index contributed by atoms with van der Waals surface area (Å²) in [5.41, 5.74) is 2.65. The molecule has 0 bridgehead atoms. The van der Waals surface area contributed by atoms with Crippen LogP contribution in [0.5, 0.6) is 0 Å². The number of halogens is 3. The second kappa shape index (κ2) is 12.7. The van der Waals surface area contributed by atoms with Crippen molar-refractivity contribution in [1.29, 1.82) is 0 Å². The standard InChI is InChI=1S/C30H36F3N3O6/c1-18-25(16-35-13-11-23(38)15-35)41-28(42-26(18)20-9-7-19(17-37)8-10-20)21-4-2-5-22(14-21)34-27(39)24-6-3-12-36(24)29(40)30(31,32)33/h2,4-5,7-10,14,18,23-26,28,37-38H,3,6,11-13,15-17H2,1H3,(H,34,39). The fraction of sp³-hybridized carbons (Fsp3) is 0.533. The molecule has 0 aliphatic carbocycles. The number of amides is 2. The number of ether oxygens (including phenoxy) is 2. The molecule has 0 saturated carbocycles. The molecule has 0 spiro atoms. The number of rotatable bonds is 7. The van der Waals surface area contributed by atoms with Crippen molar-refractivity contribution in [3.63, 3.8) is 0 Å². The first-order chi connectivity index (χ1) is 20.0. The monoisotopic (exact) mass is 591 g/mol. The van der Waals surface area contributed by atoms with Gasteiger partial charge in [0.2, 0.25) is 5.91 Å². The number of β-amino-alcohol motifs (C(OH)–C–C–N with tert-alkyl or cyclic N) is 1. The molecule has 3 fully saturated rings. The van der Waals surface area contributed by atoms with E-state index in [0.29, 0.717) is 42.1 Å². The number of benzene rings is 2. The fourth-order valence-corrected chi connectivity index (χ4v) is 5.99. The number of carbonyl (C=O) groups is 2. The molecule has 6 unspecified atom stereocenters. The molecule has 3 aliphatic rings. The number of hydrogen-bond donors (Lipinski definition) is 3. The van der Waals surface area contributed by atoms with E-state index in [-0.39, 0.29) is 43.8 Å². The van der Waals surface area contributed by atoms with Crippen molar-refractivity contribution in [2.45, 2.75) is 69.6 Å². The van der Waals surface area contributed by atoms with Crippen molar-refractivity contribution in [2.75, 3.05) is 31.5 Å². The predicted molar refractivity (Wildman–Crippen MR) is 146 cm³/mol. The van der Waals surface area contributed by atoms with Crippen molar-refractivity contribution < 1.29 is 42.4 Å². The van der Waals surface area contributed by atoms with Crippen molar-refractivity contribution in [2.24, 2.45) is 5.92 Å². The molecule has 42 heavy (non-hydrogen) atoms. The van der Waals surface area contributed by atoms with Gasteiger partial charge in [-0.3, -0.25) is 14.5 Å². The molecule has 3 aliphatic heterocycles. The number of aliphatic hydroxyl groups excluding tert-OH is 2. The van der Waals surface area contributed by atoms with Crippen molar-refractivity contribution in [1.82, 2.24) is 9.80 Å². The summed E-state index contributed by atoms with van der Waals surface area (Å²) in [7, 11) is 0. The Morgan fingerprint density at radius 1 is 1.05 bits per heavy atom. The van der Waals surface area contributed by atoms with Crippen LogP contribution in [-0.4, -0.2) is 82.4 Å². The van der Waals surface area contributed by atoms with Gasteiger partial charge in [0.1, 0.15) is 6.04 Å². The summed E-state index contributed by atoms with van der Waals surface area (Å²) in [6, 6.07) is 13.1. The summed E-state index contributed by atoms with van der Waals surface area (Å²) in [5.74, 6) is -2.75. The van der Waals surface area contributed by atoms with Crippen molar-refractivity contribution in [3.05, 3.63) is 65.2 Å². The molecule has 2 amide bonds. The zero-order chi connectivity index (χ0) is 30.0. The fourth-order valence-electron chi connectivity index (χ4n) is 5.99. The Hall–Kier alpha value is -3.03. The Kier molecular flexibility index (Phi) is 9.19. The molecule has 0 aromatic heterocycles. The Balaban J connectivity index is 1.35. The Bertz CT molecular complexity index is 1260. The number of nitrogens with one attached hydrogen (secondary N) is 1. The van der Waals surface area contributed by atoms with Crippen LogP contribution in [0.15, 0.2) is 48.5 Å². The highest BCUT2D eigenvalue weighted by molar-refractivity contribution is 5.98. The van der Waals surface area contributed by atoms with E-state index in [2.05, 4.69) is 10.2 Å². The smallest absolute Gasteiger partial charge is 0.392 e. The van der Waals surface area contributed by atoms with Crippen LogP contribution in [-0.2, 0) is 25.7 Å². The van der Waals surface area contributed by atoms with E-state index in [1.165, 1.54) is 0 Å². The van der Waals surface area contributed by atoms with E-state index >= 15 is 0 Å². The minimum atomic E-state index is -5.05. The summed E-state index contributed by atoms with van der Waals surface area (Å²) >= 11 is 0. The molecule has 9 nitrogen and oxygen atoms in total. The normalized spacial score (nSPS) is 28.7. The lowest BCUT2D eigenvalue weighted by Crippen LogP contribution is -2.48. The molecule has 2 aromatic carbocycles. The van der Waals surface area contributed by atoms with Gasteiger partial charge < -0.3 is 29.9 Å². The number of carbonyl (C=O) groups excluding carboxylic acids is 2. The van der Waals surface area contributed by atoms with E-state index in [4.69, 9.17) is 9.47 Å². The first-order valence-corrected chi connectivity index (χ1v) is 14.2. The highest BCUT2D eigenvalue weighted by atomic mass is 19.4. The van der Waals surface area contributed by atoms with E-state index < -0.39 is 30.3 Å². The number of anilines is 1. The molecular formula is C30H36F3N3O6. The molecule has 228 valence electrons. The molecule has 2 aromatic rings. The van der Waals surface area contributed by atoms with Gasteiger partial charge >= 0.3 is 12.1 Å². The predicted octanol–water partition coefficient (Wildman–Crippen LogP) is 3.53. The molecule has 3 heterocycles. The van der Waals surface area contributed by atoms with E-state index in [9.17, 15) is 33.0 Å². The summed E-state index contributed by atoms with van der Waals surface area (Å²) in [6.07, 6.45) is -5.70. The summed E-state index contributed by atoms with van der Waals surface area (Å²) in [6.45, 7) is 3.74. The zero-order valence-electron chi connectivity index (χ0n) is 23.3. The third kappa shape index (κ3) is 6.78. The van der Waals surface area contributed by atoms with Crippen LogP contribution in [0.2, 0.25) is 0 Å². The lowest BCUT2D eigenvalue weighted by atomic mass is 9.90. The first-order valence-electron chi connectivity index (χ1n) is 14.2. The maximum absolute atomic E-state index is 13.0. The van der Waals surface area contributed by atoms with Crippen molar-refractivity contribution in [3.8, 4) is 0 Å². The maximum atomic E-state index is 13.0. The van der Waals surface area contributed by atoms with E-state index in [1.807, 2.05) is 31.2 Å². The van der Waals surface area contributed by atoms with Crippen molar-refractivity contribution >= 4 is 17.5 Å². The van der Waals surface area contributed by atoms with Gasteiger partial charge in [-0.05, 0) is 42.5 Å². The number of alkyl halides is 3. The number of nitrogens with zero attached hydrogens (tertiary/aromatic N) is 2. The van der Waals surface area contributed by atoms with Gasteiger partial charge in [-0.2, -0.15) is 13.2 Å².